The van der Waals surface area contributed by atoms with Gasteiger partial charge in [0, 0.05) is 0 Å². The van der Waals surface area contributed by atoms with E-state index in [0.717, 1.165) is 12.8 Å². The molecule has 0 saturated carbocycles. The Morgan fingerprint density at radius 3 is 0.840 bits per heavy atom. The van der Waals surface area contributed by atoms with Crippen LogP contribution >= 0.6 is 0 Å². The Balaban J connectivity index is 1.61. The van der Waals surface area contributed by atoms with Gasteiger partial charge in [0.25, 0.3) is 0 Å². The van der Waals surface area contributed by atoms with Crippen LogP contribution in [0.5, 0.6) is 0 Å². The zero-order valence-electron chi connectivity index (χ0n) is 30.3. The van der Waals surface area contributed by atoms with Gasteiger partial charge in [-0.15, -0.1) is 0 Å². The summed E-state index contributed by atoms with van der Waals surface area (Å²) in [7, 11) is 0. The molecule has 7 aromatic rings. The Bertz CT molecular complexity index is 2160. The van der Waals surface area contributed by atoms with Crippen LogP contribution in [0.4, 0.5) is 0 Å². The average Bonchev–Trinajstić information content (AvgIpc) is 3.12. The summed E-state index contributed by atoms with van der Waals surface area (Å²) < 4.78 is 0. The van der Waals surface area contributed by atoms with Gasteiger partial charge in [-0.2, -0.15) is 0 Å². The van der Waals surface area contributed by atoms with Gasteiger partial charge in [-0.1, -0.05) is 187 Å². The van der Waals surface area contributed by atoms with Crippen molar-refractivity contribution in [1.29, 1.82) is 0 Å². The van der Waals surface area contributed by atoms with Gasteiger partial charge in [0.1, 0.15) is 0 Å². The number of rotatable bonds is 4. The lowest BCUT2D eigenvalue weighted by molar-refractivity contribution is 0.572. The van der Waals surface area contributed by atoms with E-state index in [9.17, 15) is 0 Å². The van der Waals surface area contributed by atoms with E-state index in [1.807, 2.05) is 0 Å². The van der Waals surface area contributed by atoms with Crippen molar-refractivity contribution in [3.05, 3.63) is 179 Å². The standard InChI is InChI=1S/C50H46/c1-49(2,3)47-37-29-19-20-30-38(37)48(50(4,5)6)42-32-40-39(31-41(42)47)43(33-21-11-7-12-22-33)45(35-25-15-9-16-26-35)46(36-27-17-10-18-28-36)44(40)34-23-13-8-14-24-34/h7-30H,31-32H2,1-6H3. The van der Waals surface area contributed by atoms with E-state index >= 15 is 0 Å². The second-order valence-electron chi connectivity index (χ2n) is 16.0. The summed E-state index contributed by atoms with van der Waals surface area (Å²) in [5.41, 5.74) is 19.3. The lowest BCUT2D eigenvalue weighted by Crippen LogP contribution is -2.26. The van der Waals surface area contributed by atoms with Gasteiger partial charge in [-0.05, 0) is 112 Å². The number of fused-ring (bicyclic) bond motifs is 3. The molecule has 0 unspecified atom stereocenters. The molecular weight excluding hydrogens is 601 g/mol. The monoisotopic (exact) mass is 646 g/mol. The highest BCUT2D eigenvalue weighted by molar-refractivity contribution is 6.05. The SMILES string of the molecule is CC(C)(C)c1c2c(c(C(C)(C)C)c3ccccc13)Cc1c(c(-c3ccccc3)c(-c3ccccc3)c(-c3ccccc3)c1-c1ccccc1)C2. The van der Waals surface area contributed by atoms with Crippen molar-refractivity contribution < 1.29 is 0 Å². The molecule has 246 valence electrons. The van der Waals surface area contributed by atoms with Crippen molar-refractivity contribution in [1.82, 2.24) is 0 Å². The van der Waals surface area contributed by atoms with Crippen molar-refractivity contribution in [2.45, 2.75) is 65.2 Å². The first kappa shape index (κ1) is 32.0. The summed E-state index contributed by atoms with van der Waals surface area (Å²) in [5.74, 6) is 0. The maximum absolute atomic E-state index is 2.41. The quantitative estimate of drug-likeness (QED) is 0.178. The molecule has 8 rings (SSSR count). The summed E-state index contributed by atoms with van der Waals surface area (Å²) in [5, 5.41) is 2.81. The van der Waals surface area contributed by atoms with E-state index in [1.165, 1.54) is 88.7 Å². The predicted molar refractivity (Wildman–Crippen MR) is 215 cm³/mol. The smallest absolute Gasteiger partial charge is 0.00102 e. The van der Waals surface area contributed by atoms with Crippen LogP contribution in [0.1, 0.15) is 74.9 Å². The highest BCUT2D eigenvalue weighted by Crippen LogP contribution is 2.54. The Morgan fingerprint density at radius 2 is 0.560 bits per heavy atom. The maximum atomic E-state index is 2.41. The molecular formula is C50H46. The highest BCUT2D eigenvalue weighted by Gasteiger charge is 2.36. The van der Waals surface area contributed by atoms with Crippen LogP contribution in [0, 0.1) is 0 Å². The largest absolute Gasteiger partial charge is 0.0622 e. The molecule has 0 saturated heterocycles. The summed E-state index contributed by atoms with van der Waals surface area (Å²) in [6.07, 6.45) is 1.79. The van der Waals surface area contributed by atoms with Gasteiger partial charge < -0.3 is 0 Å². The lowest BCUT2D eigenvalue weighted by atomic mass is 9.65. The second-order valence-corrected chi connectivity index (χ2v) is 16.0. The molecule has 0 fully saturated rings. The average molecular weight is 647 g/mol. The minimum Gasteiger partial charge on any atom is -0.0622 e. The first-order valence-corrected chi connectivity index (χ1v) is 18.1. The minimum atomic E-state index is -0.0288. The molecule has 0 bridgehead atoms. The van der Waals surface area contributed by atoms with Crippen LogP contribution in [0.25, 0.3) is 55.3 Å². The Hall–Kier alpha value is -5.20. The molecule has 1 aliphatic rings. The highest BCUT2D eigenvalue weighted by atomic mass is 14.4. The van der Waals surface area contributed by atoms with E-state index in [2.05, 4.69) is 187 Å². The normalized spacial score (nSPS) is 12.8. The topological polar surface area (TPSA) is 0 Å². The fraction of sp³-hybridized carbons (Fsp3) is 0.200. The fourth-order valence-electron chi connectivity index (χ4n) is 8.88. The van der Waals surface area contributed by atoms with Gasteiger partial charge in [-0.3, -0.25) is 0 Å². The van der Waals surface area contributed by atoms with Gasteiger partial charge in [0.05, 0.1) is 0 Å². The maximum Gasteiger partial charge on any atom is -0.00102 e. The molecule has 0 N–H and O–H groups in total. The zero-order valence-corrected chi connectivity index (χ0v) is 30.3. The van der Waals surface area contributed by atoms with Gasteiger partial charge in [0.15, 0.2) is 0 Å². The number of hydrogen-bond acceptors (Lipinski definition) is 0. The van der Waals surface area contributed by atoms with Crippen LogP contribution in [-0.2, 0) is 23.7 Å². The first-order chi connectivity index (χ1) is 24.1. The molecule has 50 heavy (non-hydrogen) atoms. The van der Waals surface area contributed by atoms with Crippen LogP contribution in [0.2, 0.25) is 0 Å². The van der Waals surface area contributed by atoms with E-state index < -0.39 is 0 Å². The summed E-state index contributed by atoms with van der Waals surface area (Å²) in [6, 6.07) is 53.8. The third-order valence-corrected chi connectivity index (χ3v) is 10.6. The van der Waals surface area contributed by atoms with Crippen molar-refractivity contribution in [2.24, 2.45) is 0 Å². The molecule has 0 amide bonds. The fourth-order valence-corrected chi connectivity index (χ4v) is 8.88. The lowest BCUT2D eigenvalue weighted by Gasteiger charge is -2.38. The van der Waals surface area contributed by atoms with Gasteiger partial charge in [0.2, 0.25) is 0 Å². The second kappa shape index (κ2) is 12.3. The first-order valence-electron chi connectivity index (χ1n) is 18.1. The molecule has 0 heteroatoms. The van der Waals surface area contributed by atoms with Crippen LogP contribution < -0.4 is 0 Å². The molecule has 0 aliphatic heterocycles. The molecule has 0 heterocycles. The molecule has 0 aromatic heterocycles. The predicted octanol–water partition coefficient (Wildman–Crippen LogP) is 13.6. The van der Waals surface area contributed by atoms with Crippen LogP contribution in [-0.4, -0.2) is 0 Å². The van der Waals surface area contributed by atoms with Gasteiger partial charge in [-0.25, -0.2) is 0 Å². The zero-order chi connectivity index (χ0) is 34.6. The summed E-state index contributed by atoms with van der Waals surface area (Å²) in [4.78, 5) is 0. The Kier molecular flexibility index (Phi) is 7.87. The van der Waals surface area contributed by atoms with E-state index in [1.54, 1.807) is 0 Å². The van der Waals surface area contributed by atoms with Gasteiger partial charge >= 0.3 is 0 Å². The number of hydrogen-bond donors (Lipinski definition) is 0. The molecule has 0 spiro atoms. The van der Waals surface area contributed by atoms with Crippen molar-refractivity contribution >= 4 is 10.8 Å². The summed E-state index contributed by atoms with van der Waals surface area (Å²) >= 11 is 0. The van der Waals surface area contributed by atoms with E-state index in [0.29, 0.717) is 0 Å². The van der Waals surface area contributed by atoms with Crippen molar-refractivity contribution in [3.63, 3.8) is 0 Å². The van der Waals surface area contributed by atoms with Crippen molar-refractivity contribution in [3.8, 4) is 44.5 Å². The van der Waals surface area contributed by atoms with E-state index in [4.69, 9.17) is 0 Å². The Labute approximate surface area is 298 Å². The molecule has 0 nitrogen and oxygen atoms in total. The minimum absolute atomic E-state index is 0.0288. The van der Waals surface area contributed by atoms with Crippen LogP contribution in [0.3, 0.4) is 0 Å². The summed E-state index contributed by atoms with van der Waals surface area (Å²) in [6.45, 7) is 14.4. The third kappa shape index (κ3) is 5.39. The molecule has 1 aliphatic carbocycles. The molecule has 7 aromatic carbocycles. The molecule has 0 atom stereocenters. The third-order valence-electron chi connectivity index (χ3n) is 10.6. The number of benzene rings is 7. The van der Waals surface area contributed by atoms with Crippen LogP contribution in [0.15, 0.2) is 146 Å². The Morgan fingerprint density at radius 1 is 0.300 bits per heavy atom. The molecule has 0 radical (unpaired) electrons. The van der Waals surface area contributed by atoms with E-state index in [-0.39, 0.29) is 10.8 Å². The van der Waals surface area contributed by atoms with Crippen molar-refractivity contribution in [2.75, 3.05) is 0 Å².